The fourth-order valence-corrected chi connectivity index (χ4v) is 2.69. The molecule has 0 saturated carbocycles. The molecule has 0 bridgehead atoms. The maximum absolute atomic E-state index is 5.87. The summed E-state index contributed by atoms with van der Waals surface area (Å²) in [5.74, 6) is 2.62. The van der Waals surface area contributed by atoms with Crippen LogP contribution in [0.5, 0.6) is 17.2 Å². The van der Waals surface area contributed by atoms with Gasteiger partial charge >= 0.3 is 0 Å². The highest BCUT2D eigenvalue weighted by atomic mass is 32.1. The second kappa shape index (κ2) is 4.70. The zero-order valence-corrected chi connectivity index (χ0v) is 10.7. The molecule has 0 aliphatic rings. The molecule has 18 heavy (non-hydrogen) atoms. The summed E-state index contributed by atoms with van der Waals surface area (Å²) in [5.41, 5.74) is 0. The van der Waals surface area contributed by atoms with E-state index in [9.17, 15) is 0 Å². The summed E-state index contributed by atoms with van der Waals surface area (Å²) >= 11 is 1.66. The largest absolute Gasteiger partial charge is 0.497 e. The molecule has 0 aliphatic heterocycles. The molecule has 0 amide bonds. The molecule has 0 unspecified atom stereocenters. The smallest absolute Gasteiger partial charge is 0.145 e. The van der Waals surface area contributed by atoms with E-state index in [1.807, 2.05) is 53.9 Å². The van der Waals surface area contributed by atoms with Crippen LogP contribution in [-0.2, 0) is 0 Å². The number of para-hydroxylation sites is 1. The Hall–Kier alpha value is -2.00. The molecule has 1 heterocycles. The first kappa shape index (κ1) is 11.1. The monoisotopic (exact) mass is 256 g/mol. The molecule has 0 N–H and O–H groups in total. The van der Waals surface area contributed by atoms with Crippen molar-refractivity contribution >= 4 is 21.4 Å². The van der Waals surface area contributed by atoms with E-state index in [1.165, 1.54) is 4.70 Å². The Morgan fingerprint density at radius 1 is 0.944 bits per heavy atom. The van der Waals surface area contributed by atoms with Crippen LogP contribution in [0.15, 0.2) is 53.9 Å². The van der Waals surface area contributed by atoms with Gasteiger partial charge in [-0.1, -0.05) is 18.2 Å². The average Bonchev–Trinajstić information content (AvgIpc) is 2.82. The van der Waals surface area contributed by atoms with Gasteiger partial charge in [0.25, 0.3) is 0 Å². The highest BCUT2D eigenvalue weighted by molar-refractivity contribution is 7.17. The van der Waals surface area contributed by atoms with Crippen LogP contribution >= 0.6 is 11.3 Å². The summed E-state index contributed by atoms with van der Waals surface area (Å²) in [6.45, 7) is 0. The van der Waals surface area contributed by atoms with Gasteiger partial charge < -0.3 is 9.47 Å². The molecule has 0 fully saturated rings. The first-order valence-corrected chi connectivity index (χ1v) is 6.53. The van der Waals surface area contributed by atoms with Crippen molar-refractivity contribution in [1.82, 2.24) is 0 Å². The number of fused-ring (bicyclic) bond motifs is 1. The van der Waals surface area contributed by atoms with Crippen LogP contribution in [0.2, 0.25) is 0 Å². The maximum atomic E-state index is 5.87. The fraction of sp³-hybridized carbons (Fsp3) is 0.0667. The molecule has 3 rings (SSSR count). The van der Waals surface area contributed by atoms with Crippen molar-refractivity contribution in [2.24, 2.45) is 0 Å². The maximum Gasteiger partial charge on any atom is 0.145 e. The van der Waals surface area contributed by atoms with Crippen molar-refractivity contribution < 1.29 is 9.47 Å². The zero-order valence-electron chi connectivity index (χ0n) is 9.92. The lowest BCUT2D eigenvalue weighted by Crippen LogP contribution is -1.83. The van der Waals surface area contributed by atoms with Crippen LogP contribution in [0.4, 0.5) is 0 Å². The summed E-state index contributed by atoms with van der Waals surface area (Å²) in [4.78, 5) is 0. The Balaban J connectivity index is 1.98. The molecule has 1 aromatic heterocycles. The zero-order chi connectivity index (χ0) is 12.4. The minimum atomic E-state index is 0.855. The van der Waals surface area contributed by atoms with Crippen LogP contribution in [0.1, 0.15) is 0 Å². The number of methoxy groups -OCH3 is 1. The lowest BCUT2D eigenvalue weighted by molar-refractivity contribution is 0.415. The fourth-order valence-electron chi connectivity index (χ4n) is 1.81. The van der Waals surface area contributed by atoms with Gasteiger partial charge in [-0.15, -0.1) is 11.3 Å². The molecule has 2 aromatic carbocycles. The number of ether oxygens (including phenoxy) is 2. The lowest BCUT2D eigenvalue weighted by Gasteiger charge is -2.04. The Bertz CT molecular complexity index is 659. The van der Waals surface area contributed by atoms with Gasteiger partial charge in [-0.2, -0.15) is 0 Å². The Labute approximate surface area is 109 Å². The van der Waals surface area contributed by atoms with Gasteiger partial charge in [-0.25, -0.2) is 0 Å². The van der Waals surface area contributed by atoms with Gasteiger partial charge in [0.2, 0.25) is 0 Å². The van der Waals surface area contributed by atoms with Crippen LogP contribution in [0, 0.1) is 0 Å². The second-order valence-electron chi connectivity index (χ2n) is 3.88. The summed E-state index contributed by atoms with van der Waals surface area (Å²) in [7, 11) is 1.68. The first-order valence-electron chi connectivity index (χ1n) is 5.65. The number of thiophene rings is 1. The molecule has 90 valence electrons. The van der Waals surface area contributed by atoms with Crippen molar-refractivity contribution in [3.63, 3.8) is 0 Å². The first-order chi connectivity index (χ1) is 8.86. The van der Waals surface area contributed by atoms with Gasteiger partial charge in [0.15, 0.2) is 0 Å². The Kier molecular flexibility index (Phi) is 2.90. The standard InChI is InChI=1S/C15H12O2S/c1-16-12-7-8-13-14(10-18-15(13)9-12)17-11-5-3-2-4-6-11/h2-10H,1H3. The third-order valence-corrected chi connectivity index (χ3v) is 3.64. The summed E-state index contributed by atoms with van der Waals surface area (Å²) in [6.07, 6.45) is 0. The topological polar surface area (TPSA) is 18.5 Å². The van der Waals surface area contributed by atoms with Gasteiger partial charge in [-0.3, -0.25) is 0 Å². The molecule has 0 saturated heterocycles. The van der Waals surface area contributed by atoms with Gasteiger partial charge in [-0.05, 0) is 30.3 Å². The van der Waals surface area contributed by atoms with Gasteiger partial charge in [0.1, 0.15) is 17.2 Å². The normalized spacial score (nSPS) is 10.5. The molecule has 0 radical (unpaired) electrons. The average molecular weight is 256 g/mol. The molecule has 2 nitrogen and oxygen atoms in total. The third-order valence-electron chi connectivity index (χ3n) is 2.72. The Morgan fingerprint density at radius 3 is 2.56 bits per heavy atom. The molecule has 0 aliphatic carbocycles. The minimum absolute atomic E-state index is 0.855. The molecular weight excluding hydrogens is 244 g/mol. The van der Waals surface area contributed by atoms with Gasteiger partial charge in [0.05, 0.1) is 7.11 Å². The van der Waals surface area contributed by atoms with E-state index in [-0.39, 0.29) is 0 Å². The lowest BCUT2D eigenvalue weighted by atomic mass is 10.2. The molecule has 0 spiro atoms. The van der Waals surface area contributed by atoms with Crippen LogP contribution in [0.3, 0.4) is 0 Å². The van der Waals surface area contributed by atoms with Crippen molar-refractivity contribution in [3.05, 3.63) is 53.9 Å². The highest BCUT2D eigenvalue weighted by Gasteiger charge is 2.07. The third kappa shape index (κ3) is 2.05. The summed E-state index contributed by atoms with van der Waals surface area (Å²) in [6, 6.07) is 15.8. The summed E-state index contributed by atoms with van der Waals surface area (Å²) in [5, 5.41) is 3.14. The number of hydrogen-bond donors (Lipinski definition) is 0. The highest BCUT2D eigenvalue weighted by Crippen LogP contribution is 2.36. The van der Waals surface area contributed by atoms with Crippen molar-refractivity contribution in [2.75, 3.05) is 7.11 Å². The van der Waals surface area contributed by atoms with Gasteiger partial charge in [0, 0.05) is 15.5 Å². The molecule has 0 atom stereocenters. The van der Waals surface area contributed by atoms with Crippen molar-refractivity contribution in [3.8, 4) is 17.2 Å². The van der Waals surface area contributed by atoms with E-state index in [2.05, 4.69) is 0 Å². The van der Waals surface area contributed by atoms with Crippen LogP contribution in [-0.4, -0.2) is 7.11 Å². The SMILES string of the molecule is COc1ccc2c(Oc3ccccc3)csc2c1. The van der Waals surface area contributed by atoms with E-state index in [4.69, 9.17) is 9.47 Å². The summed E-state index contributed by atoms with van der Waals surface area (Å²) < 4.78 is 12.3. The molecule has 3 heteroatoms. The Morgan fingerprint density at radius 2 is 1.78 bits per heavy atom. The molecule has 3 aromatic rings. The second-order valence-corrected chi connectivity index (χ2v) is 4.79. The number of rotatable bonds is 3. The van der Waals surface area contributed by atoms with E-state index >= 15 is 0 Å². The van der Waals surface area contributed by atoms with E-state index in [1.54, 1.807) is 18.4 Å². The predicted molar refractivity (Wildman–Crippen MR) is 74.9 cm³/mol. The van der Waals surface area contributed by atoms with E-state index in [0.29, 0.717) is 0 Å². The van der Waals surface area contributed by atoms with E-state index < -0.39 is 0 Å². The minimum Gasteiger partial charge on any atom is -0.497 e. The van der Waals surface area contributed by atoms with Crippen molar-refractivity contribution in [2.45, 2.75) is 0 Å². The predicted octanol–water partition coefficient (Wildman–Crippen LogP) is 4.70. The van der Waals surface area contributed by atoms with Crippen LogP contribution < -0.4 is 9.47 Å². The number of benzene rings is 2. The van der Waals surface area contributed by atoms with E-state index in [0.717, 1.165) is 22.6 Å². The van der Waals surface area contributed by atoms with Crippen LogP contribution in [0.25, 0.3) is 10.1 Å². The molecular formula is C15H12O2S. The quantitative estimate of drug-likeness (QED) is 0.676. The van der Waals surface area contributed by atoms with Crippen molar-refractivity contribution in [1.29, 1.82) is 0 Å². The number of hydrogen-bond acceptors (Lipinski definition) is 3.